The van der Waals surface area contributed by atoms with E-state index in [1.54, 1.807) is 22.6 Å². The van der Waals surface area contributed by atoms with Crippen molar-refractivity contribution in [2.75, 3.05) is 20.3 Å². The Morgan fingerprint density at radius 1 is 1.00 bits per heavy atom. The standard InChI is InChI=1S/C29H31N3O3/c1-19-10-13-23(14-11-19)28(33)31(16-17-35-5)22(4)27-30-25-9-7-6-8-24(25)29(34)32(27)26-15-12-20(2)18-21(26)3/h6-15,18,22H,16-17H2,1-5H3. The maximum absolute atomic E-state index is 13.8. The Balaban J connectivity index is 1.92. The number of hydrogen-bond donors (Lipinski definition) is 0. The molecule has 1 atom stereocenters. The highest BCUT2D eigenvalue weighted by Crippen LogP contribution is 2.26. The molecular weight excluding hydrogens is 438 g/mol. The number of nitrogens with zero attached hydrogens (tertiary/aromatic N) is 3. The normalized spacial score (nSPS) is 12.0. The van der Waals surface area contributed by atoms with Crippen LogP contribution in [-0.2, 0) is 4.74 Å². The lowest BCUT2D eigenvalue weighted by atomic mass is 10.1. The molecule has 0 saturated carbocycles. The number of fused-ring (bicyclic) bond motifs is 1. The van der Waals surface area contributed by atoms with E-state index in [0.717, 1.165) is 22.4 Å². The van der Waals surface area contributed by atoms with E-state index in [4.69, 9.17) is 9.72 Å². The molecule has 6 heteroatoms. The molecule has 1 heterocycles. The highest BCUT2D eigenvalue weighted by molar-refractivity contribution is 5.94. The van der Waals surface area contributed by atoms with Crippen molar-refractivity contribution >= 4 is 16.8 Å². The van der Waals surface area contributed by atoms with E-state index in [1.165, 1.54) is 0 Å². The quantitative estimate of drug-likeness (QED) is 0.375. The van der Waals surface area contributed by atoms with Crippen molar-refractivity contribution in [3.05, 3.63) is 105 Å². The van der Waals surface area contributed by atoms with E-state index >= 15 is 0 Å². The molecule has 1 amide bonds. The fourth-order valence-corrected chi connectivity index (χ4v) is 4.38. The number of benzene rings is 3. The van der Waals surface area contributed by atoms with Crippen molar-refractivity contribution in [2.24, 2.45) is 0 Å². The maximum Gasteiger partial charge on any atom is 0.266 e. The Bertz CT molecular complexity index is 1420. The monoisotopic (exact) mass is 469 g/mol. The summed E-state index contributed by atoms with van der Waals surface area (Å²) in [7, 11) is 1.61. The van der Waals surface area contributed by atoms with Crippen molar-refractivity contribution in [3.8, 4) is 5.69 Å². The van der Waals surface area contributed by atoms with E-state index in [9.17, 15) is 9.59 Å². The summed E-state index contributed by atoms with van der Waals surface area (Å²) >= 11 is 0. The SMILES string of the molecule is COCCN(C(=O)c1ccc(C)cc1)C(C)c1nc2ccccc2c(=O)n1-c1ccc(C)cc1C. The van der Waals surface area contributed by atoms with E-state index in [0.29, 0.717) is 35.4 Å². The van der Waals surface area contributed by atoms with Crippen molar-refractivity contribution in [1.29, 1.82) is 0 Å². The lowest BCUT2D eigenvalue weighted by Crippen LogP contribution is -2.39. The summed E-state index contributed by atoms with van der Waals surface area (Å²) < 4.78 is 6.98. The molecule has 4 rings (SSSR count). The average molecular weight is 470 g/mol. The zero-order chi connectivity index (χ0) is 25.1. The van der Waals surface area contributed by atoms with Crippen LogP contribution in [0.5, 0.6) is 0 Å². The van der Waals surface area contributed by atoms with Gasteiger partial charge in [0.15, 0.2) is 0 Å². The van der Waals surface area contributed by atoms with Crippen LogP contribution < -0.4 is 5.56 Å². The minimum Gasteiger partial charge on any atom is -0.383 e. The van der Waals surface area contributed by atoms with Gasteiger partial charge in [-0.3, -0.25) is 14.2 Å². The topological polar surface area (TPSA) is 64.4 Å². The molecule has 0 aliphatic carbocycles. The smallest absolute Gasteiger partial charge is 0.266 e. The van der Waals surface area contributed by atoms with Gasteiger partial charge in [0.1, 0.15) is 5.82 Å². The fraction of sp³-hybridized carbons (Fsp3) is 0.276. The van der Waals surface area contributed by atoms with Crippen LogP contribution in [0.1, 0.15) is 45.8 Å². The van der Waals surface area contributed by atoms with E-state index in [2.05, 4.69) is 0 Å². The number of rotatable bonds is 7. The summed E-state index contributed by atoms with van der Waals surface area (Å²) in [6.45, 7) is 8.63. The molecule has 0 saturated heterocycles. The number of para-hydroxylation sites is 1. The molecule has 0 spiro atoms. The highest BCUT2D eigenvalue weighted by atomic mass is 16.5. The second kappa shape index (κ2) is 10.2. The zero-order valence-corrected chi connectivity index (χ0v) is 20.9. The first-order chi connectivity index (χ1) is 16.8. The molecular formula is C29H31N3O3. The molecule has 4 aromatic rings. The zero-order valence-electron chi connectivity index (χ0n) is 20.9. The van der Waals surface area contributed by atoms with Crippen LogP contribution in [0.25, 0.3) is 16.6 Å². The third-order valence-corrected chi connectivity index (χ3v) is 6.33. The number of hydrogen-bond acceptors (Lipinski definition) is 4. The van der Waals surface area contributed by atoms with Crippen LogP contribution in [0.4, 0.5) is 0 Å². The molecule has 0 bridgehead atoms. The Labute approximate surface area is 205 Å². The third kappa shape index (κ3) is 4.88. The molecule has 1 unspecified atom stereocenters. The van der Waals surface area contributed by atoms with Gasteiger partial charge in [-0.25, -0.2) is 4.98 Å². The average Bonchev–Trinajstić information content (AvgIpc) is 2.85. The second-order valence-corrected chi connectivity index (χ2v) is 8.95. The van der Waals surface area contributed by atoms with E-state index in [1.807, 2.05) is 88.4 Å². The molecule has 180 valence electrons. The first kappa shape index (κ1) is 24.4. The lowest BCUT2D eigenvalue weighted by Gasteiger charge is -2.31. The van der Waals surface area contributed by atoms with Gasteiger partial charge in [-0.2, -0.15) is 0 Å². The van der Waals surface area contributed by atoms with Gasteiger partial charge in [0.05, 0.1) is 29.2 Å². The summed E-state index contributed by atoms with van der Waals surface area (Å²) in [5.41, 5.74) is 4.95. The summed E-state index contributed by atoms with van der Waals surface area (Å²) in [6, 6.07) is 20.3. The number of methoxy groups -OCH3 is 1. The Kier molecular flexibility index (Phi) is 7.12. The van der Waals surface area contributed by atoms with Crippen LogP contribution >= 0.6 is 0 Å². The molecule has 1 aromatic heterocycles. The molecule has 0 aliphatic rings. The van der Waals surface area contributed by atoms with Gasteiger partial charge in [-0.1, -0.05) is 47.5 Å². The van der Waals surface area contributed by atoms with Gasteiger partial charge in [-0.05, 0) is 63.6 Å². The minimum absolute atomic E-state index is 0.135. The summed E-state index contributed by atoms with van der Waals surface area (Å²) in [6.07, 6.45) is 0. The molecule has 0 fully saturated rings. The Morgan fingerprint density at radius 2 is 1.69 bits per heavy atom. The van der Waals surface area contributed by atoms with Crippen molar-refractivity contribution < 1.29 is 9.53 Å². The van der Waals surface area contributed by atoms with Crippen LogP contribution in [0.2, 0.25) is 0 Å². The second-order valence-electron chi connectivity index (χ2n) is 8.95. The Morgan fingerprint density at radius 3 is 2.37 bits per heavy atom. The summed E-state index contributed by atoms with van der Waals surface area (Å²) in [4.78, 5) is 34.1. The molecule has 0 aliphatic heterocycles. The number of amides is 1. The number of aromatic nitrogens is 2. The number of carbonyl (C=O) groups excluding carboxylic acids is 1. The predicted molar refractivity (Wildman–Crippen MR) is 139 cm³/mol. The van der Waals surface area contributed by atoms with Gasteiger partial charge in [0.2, 0.25) is 0 Å². The van der Waals surface area contributed by atoms with Crippen molar-refractivity contribution in [2.45, 2.75) is 33.7 Å². The number of aryl methyl sites for hydroxylation is 3. The summed E-state index contributed by atoms with van der Waals surface area (Å²) in [5.74, 6) is 0.376. The molecule has 3 aromatic carbocycles. The number of carbonyl (C=O) groups is 1. The van der Waals surface area contributed by atoms with Crippen molar-refractivity contribution in [1.82, 2.24) is 14.5 Å². The first-order valence-electron chi connectivity index (χ1n) is 11.8. The van der Waals surface area contributed by atoms with Crippen molar-refractivity contribution in [3.63, 3.8) is 0 Å². The van der Waals surface area contributed by atoms with Gasteiger partial charge >= 0.3 is 0 Å². The van der Waals surface area contributed by atoms with E-state index < -0.39 is 6.04 Å². The van der Waals surface area contributed by atoms with Gasteiger partial charge in [0.25, 0.3) is 11.5 Å². The molecule has 0 radical (unpaired) electrons. The highest BCUT2D eigenvalue weighted by Gasteiger charge is 2.28. The molecule has 6 nitrogen and oxygen atoms in total. The lowest BCUT2D eigenvalue weighted by molar-refractivity contribution is 0.0605. The largest absolute Gasteiger partial charge is 0.383 e. The fourth-order valence-electron chi connectivity index (χ4n) is 4.38. The predicted octanol–water partition coefficient (Wildman–Crippen LogP) is 5.16. The van der Waals surface area contributed by atoms with Crippen LogP contribution in [-0.4, -0.2) is 40.6 Å². The van der Waals surface area contributed by atoms with Crippen LogP contribution in [0, 0.1) is 20.8 Å². The molecule has 0 N–H and O–H groups in total. The summed E-state index contributed by atoms with van der Waals surface area (Å²) in [5, 5.41) is 0.539. The molecule has 35 heavy (non-hydrogen) atoms. The van der Waals surface area contributed by atoms with Gasteiger partial charge < -0.3 is 9.64 Å². The minimum atomic E-state index is -0.489. The third-order valence-electron chi connectivity index (χ3n) is 6.33. The first-order valence-corrected chi connectivity index (χ1v) is 11.8. The van der Waals surface area contributed by atoms with Crippen LogP contribution in [0.3, 0.4) is 0 Å². The van der Waals surface area contributed by atoms with Gasteiger partial charge in [0, 0.05) is 19.2 Å². The van der Waals surface area contributed by atoms with Crippen LogP contribution in [0.15, 0.2) is 71.5 Å². The van der Waals surface area contributed by atoms with E-state index in [-0.39, 0.29) is 11.5 Å². The van der Waals surface area contributed by atoms with Gasteiger partial charge in [-0.15, -0.1) is 0 Å². The maximum atomic E-state index is 13.8. The Hall–Kier alpha value is -3.77. The number of ether oxygens (including phenoxy) is 1.